The van der Waals surface area contributed by atoms with Crippen molar-refractivity contribution in [2.75, 3.05) is 6.61 Å². The summed E-state index contributed by atoms with van der Waals surface area (Å²) in [5.41, 5.74) is 3.78. The van der Waals surface area contributed by atoms with Crippen molar-refractivity contribution in [1.29, 1.82) is 0 Å². The first-order chi connectivity index (χ1) is 12.8. The lowest BCUT2D eigenvalue weighted by Gasteiger charge is -2.19. The Hall–Kier alpha value is -2.59. The Bertz CT molecular complexity index is 857. The van der Waals surface area contributed by atoms with E-state index in [0.29, 0.717) is 6.04 Å². The van der Waals surface area contributed by atoms with Crippen LogP contribution in [0.4, 0.5) is 0 Å². The van der Waals surface area contributed by atoms with Gasteiger partial charge in [0, 0.05) is 30.5 Å². The van der Waals surface area contributed by atoms with Gasteiger partial charge in [-0.15, -0.1) is 0 Å². The van der Waals surface area contributed by atoms with E-state index in [1.165, 1.54) is 16.7 Å². The predicted octanol–water partition coefficient (Wildman–Crippen LogP) is 4.24. The van der Waals surface area contributed by atoms with Crippen LogP contribution in [0, 0.1) is 6.92 Å². The van der Waals surface area contributed by atoms with Crippen LogP contribution in [0.15, 0.2) is 60.9 Å². The first-order valence-electron chi connectivity index (χ1n) is 9.30. The van der Waals surface area contributed by atoms with Crippen LogP contribution in [0.5, 0.6) is 5.75 Å². The number of nitrogens with zero attached hydrogens (tertiary/aromatic N) is 2. The van der Waals surface area contributed by atoms with Crippen molar-refractivity contribution in [2.24, 2.45) is 0 Å². The molecule has 2 aromatic carbocycles. The van der Waals surface area contributed by atoms with Gasteiger partial charge in [-0.3, -0.25) is 0 Å². The van der Waals surface area contributed by atoms with E-state index in [-0.39, 0.29) is 0 Å². The van der Waals surface area contributed by atoms with Gasteiger partial charge in [-0.25, -0.2) is 4.98 Å². The highest BCUT2D eigenvalue weighted by Gasteiger charge is 2.20. The van der Waals surface area contributed by atoms with E-state index in [1.807, 2.05) is 12.3 Å². The topological polar surface area (TPSA) is 39.1 Å². The average molecular weight is 347 g/mol. The monoisotopic (exact) mass is 347 g/mol. The van der Waals surface area contributed by atoms with Crippen LogP contribution in [-0.2, 0) is 13.1 Å². The summed E-state index contributed by atoms with van der Waals surface area (Å²) in [5.74, 6) is 2.08. The summed E-state index contributed by atoms with van der Waals surface area (Å²) in [6.45, 7) is 4.49. The summed E-state index contributed by atoms with van der Waals surface area (Å²) in [5, 5.41) is 3.70. The van der Waals surface area contributed by atoms with Crippen molar-refractivity contribution >= 4 is 0 Å². The third kappa shape index (κ3) is 3.81. The van der Waals surface area contributed by atoms with Crippen molar-refractivity contribution in [3.05, 3.63) is 83.4 Å². The molecule has 0 saturated heterocycles. The van der Waals surface area contributed by atoms with Crippen LogP contribution in [0.3, 0.4) is 0 Å². The molecule has 0 saturated carbocycles. The van der Waals surface area contributed by atoms with Gasteiger partial charge in [0.1, 0.15) is 11.6 Å². The van der Waals surface area contributed by atoms with Crippen molar-refractivity contribution in [3.8, 4) is 5.75 Å². The Morgan fingerprint density at radius 1 is 1.19 bits per heavy atom. The third-order valence-corrected chi connectivity index (χ3v) is 4.94. The number of imidazole rings is 1. The smallest absolute Gasteiger partial charge is 0.124 e. The van der Waals surface area contributed by atoms with Crippen LogP contribution < -0.4 is 10.1 Å². The van der Waals surface area contributed by atoms with Crippen LogP contribution in [0.2, 0.25) is 0 Å². The molecule has 1 aliphatic rings. The molecule has 0 amide bonds. The molecule has 3 aromatic rings. The SMILES string of the molecule is Cc1ccc2c(c1)OCCCC2NCc1nccn1Cc1ccccc1. The number of benzene rings is 2. The number of ether oxygens (including phenoxy) is 1. The first-order valence-corrected chi connectivity index (χ1v) is 9.30. The van der Waals surface area contributed by atoms with E-state index in [4.69, 9.17) is 4.74 Å². The molecule has 1 aliphatic heterocycles. The summed E-state index contributed by atoms with van der Waals surface area (Å²) in [6, 6.07) is 17.3. The summed E-state index contributed by atoms with van der Waals surface area (Å²) in [6.07, 6.45) is 6.07. The summed E-state index contributed by atoms with van der Waals surface area (Å²) in [4.78, 5) is 4.56. The van der Waals surface area contributed by atoms with E-state index in [9.17, 15) is 0 Å². The maximum absolute atomic E-state index is 5.94. The minimum atomic E-state index is 0.301. The van der Waals surface area contributed by atoms with Gasteiger partial charge in [-0.2, -0.15) is 0 Å². The number of hydrogen-bond donors (Lipinski definition) is 1. The van der Waals surface area contributed by atoms with Crippen molar-refractivity contribution in [2.45, 2.75) is 38.9 Å². The molecular formula is C22H25N3O. The Balaban J connectivity index is 1.47. The molecule has 0 radical (unpaired) electrons. The Morgan fingerprint density at radius 2 is 2.08 bits per heavy atom. The zero-order chi connectivity index (χ0) is 17.8. The highest BCUT2D eigenvalue weighted by atomic mass is 16.5. The Kier molecular flexibility index (Phi) is 5.02. The highest BCUT2D eigenvalue weighted by Crippen LogP contribution is 2.32. The fourth-order valence-corrected chi connectivity index (χ4v) is 3.54. The van der Waals surface area contributed by atoms with Gasteiger partial charge in [0.05, 0.1) is 13.2 Å². The molecule has 134 valence electrons. The zero-order valence-electron chi connectivity index (χ0n) is 15.2. The number of fused-ring (bicyclic) bond motifs is 1. The van der Waals surface area contributed by atoms with E-state index < -0.39 is 0 Å². The lowest BCUT2D eigenvalue weighted by Crippen LogP contribution is -2.23. The summed E-state index contributed by atoms with van der Waals surface area (Å²) < 4.78 is 8.15. The quantitative estimate of drug-likeness (QED) is 0.750. The molecule has 1 N–H and O–H groups in total. The van der Waals surface area contributed by atoms with Gasteiger partial charge < -0.3 is 14.6 Å². The van der Waals surface area contributed by atoms with Gasteiger partial charge in [-0.05, 0) is 37.0 Å². The molecule has 4 heteroatoms. The van der Waals surface area contributed by atoms with Crippen molar-refractivity contribution in [3.63, 3.8) is 0 Å². The molecule has 0 spiro atoms. The van der Waals surface area contributed by atoms with E-state index in [2.05, 4.69) is 70.5 Å². The Labute approximate surface area is 154 Å². The molecule has 4 rings (SSSR count). The first kappa shape index (κ1) is 16.9. The van der Waals surface area contributed by atoms with Crippen molar-refractivity contribution in [1.82, 2.24) is 14.9 Å². The molecule has 0 bridgehead atoms. The lowest BCUT2D eigenvalue weighted by molar-refractivity contribution is 0.315. The second kappa shape index (κ2) is 7.75. The van der Waals surface area contributed by atoms with Crippen LogP contribution in [0.25, 0.3) is 0 Å². The van der Waals surface area contributed by atoms with Crippen LogP contribution in [-0.4, -0.2) is 16.2 Å². The standard InChI is InChI=1S/C22H25N3O/c1-17-9-10-19-20(8-5-13-26-21(19)14-17)24-15-22-23-11-12-25(22)16-18-6-3-2-4-7-18/h2-4,6-7,9-12,14,20,24H,5,8,13,15-16H2,1H3. The average Bonchev–Trinajstić information content (AvgIpc) is 2.99. The molecule has 0 aliphatic carbocycles. The number of rotatable bonds is 5. The number of nitrogens with one attached hydrogen (secondary N) is 1. The van der Waals surface area contributed by atoms with Gasteiger partial charge in [0.2, 0.25) is 0 Å². The van der Waals surface area contributed by atoms with E-state index >= 15 is 0 Å². The Morgan fingerprint density at radius 3 is 2.96 bits per heavy atom. The van der Waals surface area contributed by atoms with Crippen LogP contribution >= 0.6 is 0 Å². The minimum absolute atomic E-state index is 0.301. The third-order valence-electron chi connectivity index (χ3n) is 4.94. The van der Waals surface area contributed by atoms with Gasteiger partial charge >= 0.3 is 0 Å². The molecule has 2 heterocycles. The lowest BCUT2D eigenvalue weighted by atomic mass is 10.0. The number of aryl methyl sites for hydroxylation is 1. The largest absolute Gasteiger partial charge is 0.493 e. The van der Waals surface area contributed by atoms with Crippen molar-refractivity contribution < 1.29 is 4.74 Å². The van der Waals surface area contributed by atoms with E-state index in [1.54, 1.807) is 0 Å². The van der Waals surface area contributed by atoms with Crippen LogP contribution in [0.1, 0.15) is 41.4 Å². The van der Waals surface area contributed by atoms with Gasteiger partial charge in [0.25, 0.3) is 0 Å². The zero-order valence-corrected chi connectivity index (χ0v) is 15.2. The maximum atomic E-state index is 5.94. The number of aromatic nitrogens is 2. The molecule has 1 atom stereocenters. The normalized spacial score (nSPS) is 16.6. The maximum Gasteiger partial charge on any atom is 0.124 e. The predicted molar refractivity (Wildman–Crippen MR) is 103 cm³/mol. The minimum Gasteiger partial charge on any atom is -0.493 e. The second-order valence-electron chi connectivity index (χ2n) is 6.92. The van der Waals surface area contributed by atoms with E-state index in [0.717, 1.165) is 44.1 Å². The fraction of sp³-hybridized carbons (Fsp3) is 0.318. The molecule has 1 unspecified atom stereocenters. The summed E-state index contributed by atoms with van der Waals surface area (Å²) in [7, 11) is 0. The summed E-state index contributed by atoms with van der Waals surface area (Å²) >= 11 is 0. The van der Waals surface area contributed by atoms with Gasteiger partial charge in [-0.1, -0.05) is 42.5 Å². The fourth-order valence-electron chi connectivity index (χ4n) is 3.54. The second-order valence-corrected chi connectivity index (χ2v) is 6.92. The molecular weight excluding hydrogens is 322 g/mol. The molecule has 4 nitrogen and oxygen atoms in total. The molecule has 0 fully saturated rings. The number of hydrogen-bond acceptors (Lipinski definition) is 3. The molecule has 1 aromatic heterocycles. The highest BCUT2D eigenvalue weighted by molar-refractivity contribution is 5.40. The molecule has 26 heavy (non-hydrogen) atoms. The van der Waals surface area contributed by atoms with Gasteiger partial charge in [0.15, 0.2) is 0 Å².